The lowest BCUT2D eigenvalue weighted by atomic mass is 10.1. The number of ether oxygens (including phenoxy) is 2. The summed E-state index contributed by atoms with van der Waals surface area (Å²) in [5, 5.41) is 9.67. The van der Waals surface area contributed by atoms with Gasteiger partial charge < -0.3 is 14.6 Å². The lowest BCUT2D eigenvalue weighted by Crippen LogP contribution is -2.08. The van der Waals surface area contributed by atoms with Gasteiger partial charge in [-0.2, -0.15) is 0 Å². The number of methoxy groups -OCH3 is 2. The smallest absolute Gasteiger partial charge is 0.161 e. The Kier molecular flexibility index (Phi) is 6.39. The quantitative estimate of drug-likeness (QED) is 0.604. The van der Waals surface area contributed by atoms with Gasteiger partial charge in [0, 0.05) is 12.5 Å². The van der Waals surface area contributed by atoms with Crippen molar-refractivity contribution in [3.63, 3.8) is 0 Å². The van der Waals surface area contributed by atoms with Crippen LogP contribution in [0.3, 0.4) is 0 Å². The van der Waals surface area contributed by atoms with Crippen molar-refractivity contribution < 1.29 is 19.4 Å². The minimum absolute atomic E-state index is 0.0342. The molecule has 0 aliphatic heterocycles. The summed E-state index contributed by atoms with van der Waals surface area (Å²) >= 11 is 0. The first-order valence-corrected chi connectivity index (χ1v) is 5.88. The Bertz CT molecular complexity index is 446. The molecule has 0 fully saturated rings. The third kappa shape index (κ3) is 5.88. The van der Waals surface area contributed by atoms with E-state index in [1.165, 1.54) is 19.4 Å². The van der Waals surface area contributed by atoms with Gasteiger partial charge >= 0.3 is 0 Å². The van der Waals surface area contributed by atoms with Crippen LogP contribution in [0.1, 0.15) is 12.0 Å². The summed E-state index contributed by atoms with van der Waals surface area (Å²) in [4.78, 5) is 11.3. The highest BCUT2D eigenvalue weighted by Gasteiger charge is 2.04. The molecule has 0 saturated heterocycles. The van der Waals surface area contributed by atoms with Gasteiger partial charge in [-0.15, -0.1) is 0 Å². The molecule has 1 unspecified atom stereocenters. The minimum Gasteiger partial charge on any atom is -0.504 e. The zero-order chi connectivity index (χ0) is 14.1. The van der Waals surface area contributed by atoms with Gasteiger partial charge in [0.2, 0.25) is 0 Å². The SMILES string of the molecule is CO/C=C/C(=O)CC(O)/C=C/c1ccc(OC)cc1. The molecular formula is C15H18O4. The molecule has 1 aromatic carbocycles. The highest BCUT2D eigenvalue weighted by molar-refractivity contribution is 5.89. The zero-order valence-electron chi connectivity index (χ0n) is 11.1. The fraction of sp³-hybridized carbons (Fsp3) is 0.267. The standard InChI is InChI=1S/C15H18O4/c1-18-10-9-14(17)11-13(16)6-3-12-4-7-15(19-2)8-5-12/h3-10,13,16H,11H2,1-2H3/b6-3+,10-9+. The Hall–Kier alpha value is -2.07. The highest BCUT2D eigenvalue weighted by atomic mass is 16.5. The number of rotatable bonds is 7. The van der Waals surface area contributed by atoms with E-state index in [-0.39, 0.29) is 12.2 Å². The van der Waals surface area contributed by atoms with Crippen LogP contribution < -0.4 is 4.74 Å². The van der Waals surface area contributed by atoms with Crippen LogP contribution in [-0.2, 0) is 9.53 Å². The number of hydrogen-bond donors (Lipinski definition) is 1. The maximum Gasteiger partial charge on any atom is 0.161 e. The predicted molar refractivity (Wildman–Crippen MR) is 73.8 cm³/mol. The second-order valence-corrected chi connectivity index (χ2v) is 3.91. The van der Waals surface area contributed by atoms with Crippen molar-refractivity contribution in [2.45, 2.75) is 12.5 Å². The van der Waals surface area contributed by atoms with Crippen LogP contribution in [0.15, 0.2) is 42.7 Å². The highest BCUT2D eigenvalue weighted by Crippen LogP contribution is 2.12. The maximum absolute atomic E-state index is 11.3. The van der Waals surface area contributed by atoms with Gasteiger partial charge in [-0.1, -0.05) is 24.3 Å². The Labute approximate surface area is 113 Å². The number of carbonyl (C=O) groups excluding carboxylic acids is 1. The summed E-state index contributed by atoms with van der Waals surface area (Å²) in [5.41, 5.74) is 0.930. The van der Waals surface area contributed by atoms with Gasteiger partial charge in [0.05, 0.1) is 26.6 Å². The molecule has 1 rings (SSSR count). The number of ketones is 1. The summed E-state index contributed by atoms with van der Waals surface area (Å²) in [6, 6.07) is 7.40. The molecule has 0 aliphatic rings. The predicted octanol–water partition coefficient (Wildman–Crippen LogP) is 2.19. The van der Waals surface area contributed by atoms with Crippen molar-refractivity contribution in [1.29, 1.82) is 0 Å². The first-order valence-electron chi connectivity index (χ1n) is 5.88. The van der Waals surface area contributed by atoms with Crippen molar-refractivity contribution >= 4 is 11.9 Å². The van der Waals surface area contributed by atoms with Gasteiger partial charge in [-0.3, -0.25) is 4.79 Å². The Balaban J connectivity index is 2.50. The third-order valence-corrected chi connectivity index (χ3v) is 2.43. The van der Waals surface area contributed by atoms with Crippen LogP contribution in [0.4, 0.5) is 0 Å². The van der Waals surface area contributed by atoms with E-state index in [1.807, 2.05) is 24.3 Å². The fourth-order valence-corrected chi connectivity index (χ4v) is 1.42. The van der Waals surface area contributed by atoms with E-state index in [0.29, 0.717) is 0 Å². The number of hydrogen-bond acceptors (Lipinski definition) is 4. The van der Waals surface area contributed by atoms with E-state index in [2.05, 4.69) is 4.74 Å². The number of aliphatic hydroxyl groups is 1. The number of carbonyl (C=O) groups is 1. The summed E-state index contributed by atoms with van der Waals surface area (Å²) in [6.45, 7) is 0. The van der Waals surface area contributed by atoms with E-state index >= 15 is 0 Å². The molecule has 0 amide bonds. The molecule has 0 saturated carbocycles. The van der Waals surface area contributed by atoms with Crippen LogP contribution in [0, 0.1) is 0 Å². The third-order valence-electron chi connectivity index (χ3n) is 2.43. The van der Waals surface area contributed by atoms with E-state index in [1.54, 1.807) is 19.3 Å². The van der Waals surface area contributed by atoms with E-state index in [4.69, 9.17) is 4.74 Å². The van der Waals surface area contributed by atoms with Crippen molar-refractivity contribution in [1.82, 2.24) is 0 Å². The van der Waals surface area contributed by atoms with Crippen molar-refractivity contribution in [3.05, 3.63) is 48.2 Å². The zero-order valence-corrected chi connectivity index (χ0v) is 11.1. The van der Waals surface area contributed by atoms with Gasteiger partial charge in [0.1, 0.15) is 5.75 Å². The molecule has 102 valence electrons. The molecule has 19 heavy (non-hydrogen) atoms. The van der Waals surface area contributed by atoms with Gasteiger partial charge in [-0.05, 0) is 17.7 Å². The number of benzene rings is 1. The van der Waals surface area contributed by atoms with Crippen molar-refractivity contribution in [3.8, 4) is 5.75 Å². The van der Waals surface area contributed by atoms with Gasteiger partial charge in [0.15, 0.2) is 5.78 Å². The van der Waals surface area contributed by atoms with Crippen LogP contribution in [0.25, 0.3) is 6.08 Å². The first-order chi connectivity index (χ1) is 9.15. The Morgan fingerprint density at radius 2 is 2.00 bits per heavy atom. The van der Waals surface area contributed by atoms with Crippen LogP contribution >= 0.6 is 0 Å². The van der Waals surface area contributed by atoms with Crippen molar-refractivity contribution in [2.75, 3.05) is 14.2 Å². The first kappa shape index (κ1) is 15.0. The number of aliphatic hydroxyl groups excluding tert-OH is 1. The van der Waals surface area contributed by atoms with Crippen LogP contribution in [0.2, 0.25) is 0 Å². The second-order valence-electron chi connectivity index (χ2n) is 3.91. The molecule has 0 aliphatic carbocycles. The summed E-state index contributed by atoms with van der Waals surface area (Å²) in [7, 11) is 3.07. The van der Waals surface area contributed by atoms with E-state index in [9.17, 15) is 9.90 Å². The van der Waals surface area contributed by atoms with Crippen LogP contribution in [0.5, 0.6) is 5.75 Å². The Morgan fingerprint density at radius 3 is 2.58 bits per heavy atom. The molecule has 4 nitrogen and oxygen atoms in total. The maximum atomic E-state index is 11.3. The lowest BCUT2D eigenvalue weighted by Gasteiger charge is -2.02. The molecule has 0 heterocycles. The van der Waals surface area contributed by atoms with E-state index in [0.717, 1.165) is 11.3 Å². The van der Waals surface area contributed by atoms with Crippen LogP contribution in [-0.4, -0.2) is 31.2 Å². The average Bonchev–Trinajstić information content (AvgIpc) is 2.43. The topological polar surface area (TPSA) is 55.8 Å². The fourth-order valence-electron chi connectivity index (χ4n) is 1.42. The Morgan fingerprint density at radius 1 is 1.32 bits per heavy atom. The lowest BCUT2D eigenvalue weighted by molar-refractivity contribution is -0.115. The minimum atomic E-state index is -0.809. The van der Waals surface area contributed by atoms with Gasteiger partial charge in [-0.25, -0.2) is 0 Å². The van der Waals surface area contributed by atoms with Gasteiger partial charge in [0.25, 0.3) is 0 Å². The molecule has 0 spiro atoms. The molecule has 0 radical (unpaired) electrons. The largest absolute Gasteiger partial charge is 0.504 e. The molecule has 1 aromatic rings. The normalized spacial score (nSPS) is 12.8. The molecule has 4 heteroatoms. The summed E-state index contributed by atoms with van der Waals surface area (Å²) < 4.78 is 9.68. The monoisotopic (exact) mass is 262 g/mol. The summed E-state index contributed by atoms with van der Waals surface area (Å²) in [5.74, 6) is 0.589. The number of allylic oxidation sites excluding steroid dienone is 1. The molecular weight excluding hydrogens is 244 g/mol. The van der Waals surface area contributed by atoms with Crippen molar-refractivity contribution in [2.24, 2.45) is 0 Å². The molecule has 1 atom stereocenters. The molecule has 0 aromatic heterocycles. The molecule has 0 bridgehead atoms. The van der Waals surface area contributed by atoms with E-state index < -0.39 is 6.10 Å². The second kappa shape index (κ2) is 8.11. The summed E-state index contributed by atoms with van der Waals surface area (Å²) in [6.07, 6.45) is 5.16. The molecule has 1 N–H and O–H groups in total. The average molecular weight is 262 g/mol.